The predicted molar refractivity (Wildman–Crippen MR) is 172 cm³/mol. The first-order chi connectivity index (χ1) is 22.8. The normalized spacial score (nSPS) is 22.0. The molecule has 0 bridgehead atoms. The molecule has 4 aromatic rings. The SMILES string of the molecule is c1ccc(C(=C(c2ccccc2OCC2CO2)c2ccccc2OCC2CO2)c2ccccc2OCC2CO2)c(OCC2CO2)c1. The molecule has 46 heavy (non-hydrogen) atoms. The number of hydrogen-bond acceptors (Lipinski definition) is 8. The third kappa shape index (κ3) is 7.06. The maximum Gasteiger partial charge on any atom is 0.127 e. The molecule has 8 heteroatoms. The molecule has 0 aromatic heterocycles. The van der Waals surface area contributed by atoms with Gasteiger partial charge in [0.2, 0.25) is 0 Å². The van der Waals surface area contributed by atoms with Crippen molar-refractivity contribution in [2.75, 3.05) is 52.9 Å². The number of ether oxygens (including phenoxy) is 8. The van der Waals surface area contributed by atoms with Gasteiger partial charge in [0.15, 0.2) is 0 Å². The molecule has 8 rings (SSSR count). The van der Waals surface area contributed by atoms with E-state index in [-0.39, 0.29) is 24.4 Å². The van der Waals surface area contributed by atoms with Crippen LogP contribution >= 0.6 is 0 Å². The Hall–Kier alpha value is -4.34. The lowest BCUT2D eigenvalue weighted by Crippen LogP contribution is -2.11. The summed E-state index contributed by atoms with van der Waals surface area (Å²) < 4.78 is 47.8. The molecule has 4 unspecified atom stereocenters. The van der Waals surface area contributed by atoms with Gasteiger partial charge in [0.1, 0.15) is 73.8 Å². The van der Waals surface area contributed by atoms with Crippen LogP contribution in [0.4, 0.5) is 0 Å². The summed E-state index contributed by atoms with van der Waals surface area (Å²) >= 11 is 0. The lowest BCUT2D eigenvalue weighted by atomic mass is 9.84. The molecule has 4 atom stereocenters. The monoisotopic (exact) mass is 620 g/mol. The molecule has 4 aliphatic heterocycles. The van der Waals surface area contributed by atoms with Gasteiger partial charge < -0.3 is 37.9 Å². The molecule has 0 amide bonds. The average Bonchev–Trinajstić information content (AvgIpc) is 3.90. The standard InChI is InChI=1S/C38H36O8/c1-5-13-33(43-21-25-17-39-25)29(9-1)37(30-10-2-6-14-34(30)44-22-26-18-40-26)38(31-11-3-7-15-35(31)45-23-27-19-41-27)32-12-4-8-16-36(32)46-24-28-20-42-28/h1-16,25-28H,17-24H2. The van der Waals surface area contributed by atoms with Crippen molar-refractivity contribution in [2.45, 2.75) is 24.4 Å². The fraction of sp³-hybridized carbons (Fsp3) is 0.316. The van der Waals surface area contributed by atoms with E-state index < -0.39 is 0 Å². The van der Waals surface area contributed by atoms with E-state index in [1.54, 1.807) is 0 Å². The van der Waals surface area contributed by atoms with Crippen LogP contribution in [0.15, 0.2) is 97.1 Å². The summed E-state index contributed by atoms with van der Waals surface area (Å²) in [7, 11) is 0. The summed E-state index contributed by atoms with van der Waals surface area (Å²) in [5, 5.41) is 0. The van der Waals surface area contributed by atoms with Crippen LogP contribution in [0.5, 0.6) is 23.0 Å². The summed E-state index contributed by atoms with van der Waals surface area (Å²) in [6.07, 6.45) is 0.414. The average molecular weight is 621 g/mol. The zero-order chi connectivity index (χ0) is 30.7. The maximum atomic E-state index is 6.45. The zero-order valence-corrected chi connectivity index (χ0v) is 25.5. The Balaban J connectivity index is 1.37. The van der Waals surface area contributed by atoms with Gasteiger partial charge in [-0.25, -0.2) is 0 Å². The Kier molecular flexibility index (Phi) is 8.33. The number of para-hydroxylation sites is 4. The van der Waals surface area contributed by atoms with E-state index in [0.29, 0.717) is 52.9 Å². The van der Waals surface area contributed by atoms with E-state index in [9.17, 15) is 0 Å². The Morgan fingerprint density at radius 2 is 0.609 bits per heavy atom. The molecule has 0 saturated carbocycles. The van der Waals surface area contributed by atoms with E-state index in [2.05, 4.69) is 24.3 Å². The van der Waals surface area contributed by atoms with Crippen molar-refractivity contribution in [3.05, 3.63) is 119 Å². The van der Waals surface area contributed by atoms with E-state index in [4.69, 9.17) is 37.9 Å². The fourth-order valence-electron chi connectivity index (χ4n) is 5.41. The van der Waals surface area contributed by atoms with Crippen LogP contribution in [-0.2, 0) is 18.9 Å². The molecule has 4 heterocycles. The second-order valence-electron chi connectivity index (χ2n) is 11.8. The van der Waals surface area contributed by atoms with Gasteiger partial charge in [0, 0.05) is 33.4 Å². The summed E-state index contributed by atoms with van der Waals surface area (Å²) in [6, 6.07) is 32.6. The molecule has 4 aromatic carbocycles. The second-order valence-corrected chi connectivity index (χ2v) is 11.8. The van der Waals surface area contributed by atoms with E-state index in [0.717, 1.165) is 56.4 Å². The van der Waals surface area contributed by atoms with Gasteiger partial charge in [-0.2, -0.15) is 0 Å². The molecule has 0 N–H and O–H groups in total. The predicted octanol–water partition coefficient (Wildman–Crippen LogP) is 5.80. The summed E-state index contributed by atoms with van der Waals surface area (Å²) in [5.74, 6) is 3.00. The van der Waals surface area contributed by atoms with Gasteiger partial charge in [-0.15, -0.1) is 0 Å². The van der Waals surface area contributed by atoms with Crippen molar-refractivity contribution < 1.29 is 37.9 Å². The molecular formula is C38H36O8. The van der Waals surface area contributed by atoms with E-state index in [1.807, 2.05) is 72.8 Å². The number of hydrogen-bond donors (Lipinski definition) is 0. The van der Waals surface area contributed by atoms with Crippen LogP contribution < -0.4 is 18.9 Å². The van der Waals surface area contributed by atoms with Crippen molar-refractivity contribution in [1.29, 1.82) is 0 Å². The third-order valence-electron chi connectivity index (χ3n) is 8.18. The zero-order valence-electron chi connectivity index (χ0n) is 25.5. The summed E-state index contributed by atoms with van der Waals surface area (Å²) in [5.41, 5.74) is 5.51. The first-order valence-electron chi connectivity index (χ1n) is 15.9. The molecule has 4 aliphatic rings. The highest BCUT2D eigenvalue weighted by Crippen LogP contribution is 2.47. The highest BCUT2D eigenvalue weighted by atomic mass is 16.6. The van der Waals surface area contributed by atoms with Crippen molar-refractivity contribution in [3.63, 3.8) is 0 Å². The fourth-order valence-corrected chi connectivity index (χ4v) is 5.41. The smallest absolute Gasteiger partial charge is 0.127 e. The Bertz CT molecular complexity index is 1450. The highest BCUT2D eigenvalue weighted by molar-refractivity contribution is 6.08. The van der Waals surface area contributed by atoms with Crippen LogP contribution in [0.1, 0.15) is 22.3 Å². The molecule has 0 radical (unpaired) electrons. The van der Waals surface area contributed by atoms with Crippen molar-refractivity contribution in [3.8, 4) is 23.0 Å². The molecule has 236 valence electrons. The van der Waals surface area contributed by atoms with Crippen molar-refractivity contribution in [1.82, 2.24) is 0 Å². The van der Waals surface area contributed by atoms with Crippen LogP contribution in [0.3, 0.4) is 0 Å². The largest absolute Gasteiger partial charge is 0.490 e. The number of benzene rings is 4. The molecular weight excluding hydrogens is 584 g/mol. The second kappa shape index (κ2) is 13.2. The van der Waals surface area contributed by atoms with Gasteiger partial charge in [-0.1, -0.05) is 72.8 Å². The van der Waals surface area contributed by atoms with Gasteiger partial charge in [0.05, 0.1) is 26.4 Å². The van der Waals surface area contributed by atoms with Crippen LogP contribution in [-0.4, -0.2) is 77.3 Å². The summed E-state index contributed by atoms with van der Waals surface area (Å²) in [4.78, 5) is 0. The third-order valence-corrected chi connectivity index (χ3v) is 8.18. The molecule has 0 spiro atoms. The van der Waals surface area contributed by atoms with Gasteiger partial charge in [-0.05, 0) is 24.3 Å². The first-order valence-corrected chi connectivity index (χ1v) is 15.9. The van der Waals surface area contributed by atoms with Crippen molar-refractivity contribution >= 4 is 11.1 Å². The Morgan fingerprint density at radius 1 is 0.391 bits per heavy atom. The Labute approximate surface area is 268 Å². The lowest BCUT2D eigenvalue weighted by Gasteiger charge is -2.24. The Morgan fingerprint density at radius 3 is 0.826 bits per heavy atom. The molecule has 8 nitrogen and oxygen atoms in total. The van der Waals surface area contributed by atoms with E-state index >= 15 is 0 Å². The molecule has 4 saturated heterocycles. The number of epoxide rings is 4. The minimum Gasteiger partial charge on any atom is -0.490 e. The topological polar surface area (TPSA) is 87.0 Å². The van der Waals surface area contributed by atoms with E-state index in [1.165, 1.54) is 0 Å². The minimum atomic E-state index is 0.103. The van der Waals surface area contributed by atoms with Gasteiger partial charge in [0.25, 0.3) is 0 Å². The maximum absolute atomic E-state index is 6.45. The lowest BCUT2D eigenvalue weighted by molar-refractivity contribution is 0.261. The first kappa shape index (κ1) is 29.1. The van der Waals surface area contributed by atoms with Crippen LogP contribution in [0.25, 0.3) is 11.1 Å². The minimum absolute atomic E-state index is 0.103. The highest BCUT2D eigenvalue weighted by Gasteiger charge is 2.30. The number of rotatable bonds is 16. The molecule has 0 aliphatic carbocycles. The van der Waals surface area contributed by atoms with Crippen LogP contribution in [0.2, 0.25) is 0 Å². The summed E-state index contributed by atoms with van der Waals surface area (Å²) in [6.45, 7) is 4.72. The van der Waals surface area contributed by atoms with Gasteiger partial charge >= 0.3 is 0 Å². The quantitative estimate of drug-likeness (QED) is 0.115. The van der Waals surface area contributed by atoms with Crippen molar-refractivity contribution in [2.24, 2.45) is 0 Å². The van der Waals surface area contributed by atoms with Gasteiger partial charge in [-0.3, -0.25) is 0 Å². The molecule has 4 fully saturated rings. The van der Waals surface area contributed by atoms with Crippen LogP contribution in [0, 0.1) is 0 Å².